The molecule has 4 aromatic rings. The van der Waals surface area contributed by atoms with E-state index in [1.54, 1.807) is 0 Å². The van der Waals surface area contributed by atoms with E-state index in [0.717, 1.165) is 55.4 Å². The minimum atomic E-state index is 0.463. The number of fused-ring (bicyclic) bond motifs is 2. The van der Waals surface area contributed by atoms with Crippen LogP contribution in [0.3, 0.4) is 0 Å². The van der Waals surface area contributed by atoms with Crippen LogP contribution in [0.25, 0.3) is 21.5 Å². The van der Waals surface area contributed by atoms with Crippen molar-refractivity contribution in [2.24, 2.45) is 0 Å². The van der Waals surface area contributed by atoms with Gasteiger partial charge in [-0.1, -0.05) is 66.7 Å². The Kier molecular flexibility index (Phi) is 4.86. The van der Waals surface area contributed by atoms with Gasteiger partial charge in [-0.2, -0.15) is 5.10 Å². The molecule has 1 fully saturated rings. The zero-order valence-corrected chi connectivity index (χ0v) is 16.6. The number of hydrogen-bond donors (Lipinski definition) is 1. The molecule has 0 bridgehead atoms. The molecule has 1 aliphatic rings. The summed E-state index contributed by atoms with van der Waals surface area (Å²) in [6.45, 7) is 3.33. The van der Waals surface area contributed by atoms with E-state index in [-0.39, 0.29) is 0 Å². The van der Waals surface area contributed by atoms with Gasteiger partial charge in [0, 0.05) is 23.2 Å². The smallest absolute Gasteiger partial charge is 0.153 e. The fourth-order valence-electron chi connectivity index (χ4n) is 4.56. The number of hydrogen-bond acceptors (Lipinski definition) is 4. The quantitative estimate of drug-likeness (QED) is 0.551. The number of nitrogens with zero attached hydrogens (tertiary/aromatic N) is 3. The predicted molar refractivity (Wildman–Crippen MR) is 120 cm³/mol. The van der Waals surface area contributed by atoms with Gasteiger partial charge in [0.25, 0.3) is 0 Å². The molecule has 1 aliphatic heterocycles. The van der Waals surface area contributed by atoms with Crippen molar-refractivity contribution < 1.29 is 0 Å². The van der Waals surface area contributed by atoms with Crippen LogP contribution in [0.1, 0.15) is 30.0 Å². The van der Waals surface area contributed by atoms with Gasteiger partial charge in [0.2, 0.25) is 0 Å². The number of likely N-dealkylation sites (tertiary alicyclic amines) is 1. The molecule has 1 aromatic heterocycles. The molecule has 0 unspecified atom stereocenters. The minimum absolute atomic E-state index is 0.463. The van der Waals surface area contributed by atoms with Gasteiger partial charge < -0.3 is 10.6 Å². The first-order chi connectivity index (χ1) is 14.3. The van der Waals surface area contributed by atoms with Crippen LogP contribution in [0.15, 0.2) is 66.7 Å². The monoisotopic (exact) mass is 382 g/mol. The molecule has 4 nitrogen and oxygen atoms in total. The third-order valence-electron chi connectivity index (χ3n) is 6.25. The van der Waals surface area contributed by atoms with E-state index in [1.165, 1.54) is 16.3 Å². The standard InChI is InChI=1S/C25H26N4/c26-25-23-8-4-3-7-22(23)24(27-28-25)20-12-15-29(16-13-20)14-11-18-9-10-19-5-1-2-6-21(19)17-18/h1-10,17,20H,11-16H2,(H2,26,28). The molecule has 146 valence electrons. The zero-order chi connectivity index (χ0) is 19.6. The van der Waals surface area contributed by atoms with E-state index in [2.05, 4.69) is 69.7 Å². The van der Waals surface area contributed by atoms with Gasteiger partial charge in [0.05, 0.1) is 5.69 Å². The largest absolute Gasteiger partial charge is 0.382 e. The van der Waals surface area contributed by atoms with Crippen LogP contribution in [0, 0.1) is 0 Å². The molecule has 5 rings (SSSR count). The molecule has 29 heavy (non-hydrogen) atoms. The van der Waals surface area contributed by atoms with Gasteiger partial charge in [-0.05, 0) is 48.7 Å². The molecule has 4 heteroatoms. The lowest BCUT2D eigenvalue weighted by atomic mass is 9.90. The number of anilines is 1. The average Bonchev–Trinajstić information content (AvgIpc) is 2.78. The summed E-state index contributed by atoms with van der Waals surface area (Å²) in [5.74, 6) is 0.988. The molecule has 0 saturated carbocycles. The molecule has 0 radical (unpaired) electrons. The first-order valence-electron chi connectivity index (χ1n) is 10.5. The number of nitrogens with two attached hydrogens (primary N) is 1. The first kappa shape index (κ1) is 18.1. The van der Waals surface area contributed by atoms with Gasteiger partial charge in [0.15, 0.2) is 5.82 Å². The number of benzene rings is 3. The van der Waals surface area contributed by atoms with Crippen molar-refractivity contribution in [3.63, 3.8) is 0 Å². The summed E-state index contributed by atoms with van der Waals surface area (Å²) < 4.78 is 0. The third-order valence-corrected chi connectivity index (χ3v) is 6.25. The fourth-order valence-corrected chi connectivity index (χ4v) is 4.56. The van der Waals surface area contributed by atoms with E-state index in [1.807, 2.05) is 12.1 Å². The SMILES string of the molecule is Nc1nnc(C2CCN(CCc3ccc4ccccc4c3)CC2)c2ccccc12. The second kappa shape index (κ2) is 7.80. The molecule has 1 saturated heterocycles. The number of piperidine rings is 1. The Labute approximate surface area is 171 Å². The van der Waals surface area contributed by atoms with Crippen LogP contribution in [-0.2, 0) is 6.42 Å². The maximum absolute atomic E-state index is 6.02. The molecule has 0 atom stereocenters. The van der Waals surface area contributed by atoms with Crippen molar-refractivity contribution in [3.8, 4) is 0 Å². The Balaban J connectivity index is 1.23. The van der Waals surface area contributed by atoms with E-state index in [0.29, 0.717) is 11.7 Å². The molecule has 0 aliphatic carbocycles. The zero-order valence-electron chi connectivity index (χ0n) is 16.6. The Bertz CT molecular complexity index is 1150. The summed E-state index contributed by atoms with van der Waals surface area (Å²) in [5, 5.41) is 13.5. The van der Waals surface area contributed by atoms with E-state index < -0.39 is 0 Å². The molecular weight excluding hydrogens is 356 g/mol. The second-order valence-electron chi connectivity index (χ2n) is 8.06. The Morgan fingerprint density at radius 3 is 2.38 bits per heavy atom. The highest BCUT2D eigenvalue weighted by molar-refractivity contribution is 5.92. The van der Waals surface area contributed by atoms with Crippen molar-refractivity contribution in [3.05, 3.63) is 78.0 Å². The van der Waals surface area contributed by atoms with Gasteiger partial charge in [0.1, 0.15) is 0 Å². The number of rotatable bonds is 4. The minimum Gasteiger partial charge on any atom is -0.382 e. The molecule has 0 spiro atoms. The Morgan fingerprint density at radius 2 is 1.55 bits per heavy atom. The lowest BCUT2D eigenvalue weighted by Gasteiger charge is -2.32. The predicted octanol–water partition coefficient (Wildman–Crippen LogP) is 4.79. The topological polar surface area (TPSA) is 55.0 Å². The van der Waals surface area contributed by atoms with Crippen LogP contribution < -0.4 is 5.73 Å². The first-order valence-corrected chi connectivity index (χ1v) is 10.5. The normalized spacial score (nSPS) is 15.9. The molecule has 3 aromatic carbocycles. The number of aromatic nitrogens is 2. The summed E-state index contributed by atoms with van der Waals surface area (Å²) in [5.41, 5.74) is 8.56. The highest BCUT2D eigenvalue weighted by Crippen LogP contribution is 2.32. The average molecular weight is 383 g/mol. The molecular formula is C25H26N4. The highest BCUT2D eigenvalue weighted by Gasteiger charge is 2.23. The molecule has 0 amide bonds. The van der Waals surface area contributed by atoms with Crippen LogP contribution in [0.4, 0.5) is 5.82 Å². The Hall–Kier alpha value is -2.98. The summed E-state index contributed by atoms with van der Waals surface area (Å²) in [4.78, 5) is 2.58. The summed E-state index contributed by atoms with van der Waals surface area (Å²) in [6.07, 6.45) is 3.35. The maximum atomic E-state index is 6.02. The Morgan fingerprint density at radius 1 is 0.828 bits per heavy atom. The summed E-state index contributed by atoms with van der Waals surface area (Å²) in [6, 6.07) is 23.7. The van der Waals surface area contributed by atoms with Crippen LogP contribution in [0.2, 0.25) is 0 Å². The van der Waals surface area contributed by atoms with Gasteiger partial charge in [-0.15, -0.1) is 5.10 Å². The van der Waals surface area contributed by atoms with Crippen molar-refractivity contribution in [2.75, 3.05) is 25.4 Å². The third kappa shape index (κ3) is 3.68. The molecule has 2 heterocycles. The van der Waals surface area contributed by atoms with Crippen molar-refractivity contribution >= 4 is 27.4 Å². The summed E-state index contributed by atoms with van der Waals surface area (Å²) in [7, 11) is 0. The highest BCUT2D eigenvalue weighted by atomic mass is 15.2. The van der Waals surface area contributed by atoms with Crippen LogP contribution >= 0.6 is 0 Å². The number of nitrogen functional groups attached to an aromatic ring is 1. The van der Waals surface area contributed by atoms with E-state index >= 15 is 0 Å². The van der Waals surface area contributed by atoms with Crippen LogP contribution in [0.5, 0.6) is 0 Å². The van der Waals surface area contributed by atoms with Crippen molar-refractivity contribution in [1.29, 1.82) is 0 Å². The fraction of sp³-hybridized carbons (Fsp3) is 0.280. The maximum Gasteiger partial charge on any atom is 0.153 e. The molecule has 2 N–H and O–H groups in total. The van der Waals surface area contributed by atoms with E-state index in [4.69, 9.17) is 5.73 Å². The lowest BCUT2D eigenvalue weighted by molar-refractivity contribution is 0.213. The lowest BCUT2D eigenvalue weighted by Crippen LogP contribution is -2.34. The van der Waals surface area contributed by atoms with Gasteiger partial charge in [-0.3, -0.25) is 0 Å². The van der Waals surface area contributed by atoms with Gasteiger partial charge in [-0.25, -0.2) is 0 Å². The second-order valence-corrected chi connectivity index (χ2v) is 8.06. The van der Waals surface area contributed by atoms with Gasteiger partial charge >= 0.3 is 0 Å². The van der Waals surface area contributed by atoms with Crippen LogP contribution in [-0.4, -0.2) is 34.7 Å². The van der Waals surface area contributed by atoms with Crippen molar-refractivity contribution in [2.45, 2.75) is 25.2 Å². The van der Waals surface area contributed by atoms with Crippen molar-refractivity contribution in [1.82, 2.24) is 15.1 Å². The van der Waals surface area contributed by atoms with E-state index in [9.17, 15) is 0 Å². The summed E-state index contributed by atoms with van der Waals surface area (Å²) >= 11 is 0.